The fourth-order valence-electron chi connectivity index (χ4n) is 2.22. The van der Waals surface area contributed by atoms with Gasteiger partial charge < -0.3 is 20.8 Å². The molecule has 2 heterocycles. The molecule has 0 aliphatic heterocycles. The van der Waals surface area contributed by atoms with Gasteiger partial charge in [0.05, 0.1) is 17.7 Å². The van der Waals surface area contributed by atoms with E-state index < -0.39 is 4.92 Å². The number of nitrogens with two attached hydrogens (primary N) is 1. The van der Waals surface area contributed by atoms with Crippen molar-refractivity contribution in [3.63, 3.8) is 0 Å². The van der Waals surface area contributed by atoms with E-state index in [9.17, 15) is 10.1 Å². The van der Waals surface area contributed by atoms with Gasteiger partial charge in [-0.25, -0.2) is 0 Å². The van der Waals surface area contributed by atoms with E-state index in [-0.39, 0.29) is 29.8 Å². The molecular weight excluding hydrogens is 360 g/mol. The summed E-state index contributed by atoms with van der Waals surface area (Å²) in [5.74, 6) is 0.556. The number of nitrogens with zero attached hydrogens (tertiary/aromatic N) is 3. The van der Waals surface area contributed by atoms with E-state index >= 15 is 0 Å². The summed E-state index contributed by atoms with van der Waals surface area (Å²) in [5.41, 5.74) is 6.31. The Hall–Kier alpha value is -3.33. The maximum absolute atomic E-state index is 11.3. The number of nitrogens with one attached hydrogen (secondary N) is 2. The normalized spacial score (nSPS) is 10.5. The minimum atomic E-state index is -0.622. The molecule has 0 radical (unpaired) electrons. The minimum absolute atomic E-state index is 0.0116. The highest BCUT2D eigenvalue weighted by Gasteiger charge is 2.23. The predicted molar refractivity (Wildman–Crippen MR) is 97.9 cm³/mol. The zero-order valence-electron chi connectivity index (χ0n) is 13.5. The van der Waals surface area contributed by atoms with Gasteiger partial charge in [-0.2, -0.15) is 9.97 Å². The Kier molecular flexibility index (Phi) is 5.18. The summed E-state index contributed by atoms with van der Waals surface area (Å²) in [6.45, 7) is 0.632. The van der Waals surface area contributed by atoms with E-state index in [2.05, 4.69) is 20.6 Å². The van der Waals surface area contributed by atoms with Crippen LogP contribution in [0.2, 0.25) is 5.02 Å². The lowest BCUT2D eigenvalue weighted by Crippen LogP contribution is -2.12. The molecule has 3 rings (SSSR count). The van der Waals surface area contributed by atoms with Crippen molar-refractivity contribution in [3.05, 3.63) is 69.1 Å². The molecule has 0 spiro atoms. The predicted octanol–water partition coefficient (Wildman–Crippen LogP) is 3.44. The third-order valence-electron chi connectivity index (χ3n) is 3.47. The van der Waals surface area contributed by atoms with Crippen molar-refractivity contribution in [1.29, 1.82) is 0 Å². The fraction of sp³-hybridized carbons (Fsp3) is 0.125. The smallest absolute Gasteiger partial charge is 0.353 e. The molecule has 0 saturated carbocycles. The topological polar surface area (TPSA) is 132 Å². The molecule has 9 nitrogen and oxygen atoms in total. The number of hydrogen-bond acceptors (Lipinski definition) is 8. The molecule has 0 atom stereocenters. The average molecular weight is 375 g/mol. The molecule has 0 fully saturated rings. The van der Waals surface area contributed by atoms with Crippen LogP contribution >= 0.6 is 11.6 Å². The van der Waals surface area contributed by atoms with Gasteiger partial charge in [0.1, 0.15) is 5.76 Å². The maximum atomic E-state index is 11.3. The second-order valence-corrected chi connectivity index (χ2v) is 5.74. The Morgan fingerprint density at radius 3 is 2.58 bits per heavy atom. The van der Waals surface area contributed by atoms with E-state index in [0.29, 0.717) is 17.3 Å². The maximum Gasteiger partial charge on any atom is 0.353 e. The summed E-state index contributed by atoms with van der Waals surface area (Å²) in [6.07, 6.45) is 1.51. The van der Waals surface area contributed by atoms with Gasteiger partial charge in [0.15, 0.2) is 0 Å². The number of nitro groups is 1. The molecule has 134 valence electrons. The van der Waals surface area contributed by atoms with Crippen LogP contribution in [0, 0.1) is 10.1 Å². The summed E-state index contributed by atoms with van der Waals surface area (Å²) < 4.78 is 5.20. The minimum Gasteiger partial charge on any atom is -0.467 e. The molecular formula is C16H15ClN6O3. The Bertz CT molecular complexity index is 899. The monoisotopic (exact) mass is 374 g/mol. The van der Waals surface area contributed by atoms with Crippen LogP contribution in [0.25, 0.3) is 0 Å². The van der Waals surface area contributed by atoms with Gasteiger partial charge in [0, 0.05) is 11.6 Å². The van der Waals surface area contributed by atoms with E-state index in [0.717, 1.165) is 5.56 Å². The summed E-state index contributed by atoms with van der Waals surface area (Å²) in [6, 6.07) is 10.7. The van der Waals surface area contributed by atoms with Crippen LogP contribution in [0.3, 0.4) is 0 Å². The number of hydrogen-bond donors (Lipinski definition) is 3. The van der Waals surface area contributed by atoms with Gasteiger partial charge in [-0.05, 0) is 29.8 Å². The Morgan fingerprint density at radius 1 is 1.15 bits per heavy atom. The van der Waals surface area contributed by atoms with E-state index in [1.54, 1.807) is 24.3 Å². The lowest BCUT2D eigenvalue weighted by atomic mass is 10.2. The van der Waals surface area contributed by atoms with Crippen LogP contribution in [0.5, 0.6) is 0 Å². The summed E-state index contributed by atoms with van der Waals surface area (Å²) >= 11 is 5.85. The van der Waals surface area contributed by atoms with Crippen molar-refractivity contribution < 1.29 is 9.34 Å². The second-order valence-electron chi connectivity index (χ2n) is 5.30. The fourth-order valence-corrected chi connectivity index (χ4v) is 2.35. The van der Waals surface area contributed by atoms with Crippen molar-refractivity contribution in [2.24, 2.45) is 0 Å². The van der Waals surface area contributed by atoms with Crippen molar-refractivity contribution in [2.75, 3.05) is 16.4 Å². The molecule has 0 amide bonds. The number of aromatic nitrogens is 2. The molecule has 1 aromatic carbocycles. The Balaban J connectivity index is 1.79. The standard InChI is InChI=1S/C16H15ClN6O3/c17-11-5-3-10(4-6-11)8-20-16-21-14(18)13(23(24)25)15(22-16)19-9-12-2-1-7-26-12/h1-7H,8-9H2,(H4,18,19,20,21,22). The summed E-state index contributed by atoms with van der Waals surface area (Å²) in [4.78, 5) is 18.8. The lowest BCUT2D eigenvalue weighted by molar-refractivity contribution is -0.383. The molecule has 2 aromatic heterocycles. The molecule has 0 unspecified atom stereocenters. The average Bonchev–Trinajstić information content (AvgIpc) is 3.12. The summed E-state index contributed by atoms with van der Waals surface area (Å²) in [5, 5.41) is 17.8. The number of rotatable bonds is 7. The van der Waals surface area contributed by atoms with Crippen molar-refractivity contribution in [2.45, 2.75) is 13.1 Å². The number of furan rings is 1. The Morgan fingerprint density at radius 2 is 1.92 bits per heavy atom. The first kappa shape index (κ1) is 17.5. The molecule has 0 bridgehead atoms. The van der Waals surface area contributed by atoms with E-state index in [1.165, 1.54) is 6.26 Å². The quantitative estimate of drug-likeness (QED) is 0.423. The van der Waals surface area contributed by atoms with Gasteiger partial charge >= 0.3 is 5.69 Å². The van der Waals surface area contributed by atoms with E-state index in [1.807, 2.05) is 12.1 Å². The van der Waals surface area contributed by atoms with Crippen LogP contribution in [0.1, 0.15) is 11.3 Å². The third kappa shape index (κ3) is 4.19. The zero-order chi connectivity index (χ0) is 18.5. The summed E-state index contributed by atoms with van der Waals surface area (Å²) in [7, 11) is 0. The first-order valence-corrected chi connectivity index (χ1v) is 7.97. The van der Waals surface area contributed by atoms with Crippen LogP contribution in [0.4, 0.5) is 23.3 Å². The molecule has 10 heteroatoms. The van der Waals surface area contributed by atoms with Crippen LogP contribution in [-0.4, -0.2) is 14.9 Å². The highest BCUT2D eigenvalue weighted by atomic mass is 35.5. The SMILES string of the molecule is Nc1nc(NCc2ccc(Cl)cc2)nc(NCc2ccco2)c1[N+](=O)[O-]. The second kappa shape index (κ2) is 7.70. The molecule has 0 aliphatic carbocycles. The van der Waals surface area contributed by atoms with Crippen LogP contribution in [0.15, 0.2) is 47.1 Å². The van der Waals surface area contributed by atoms with E-state index in [4.69, 9.17) is 21.8 Å². The largest absolute Gasteiger partial charge is 0.467 e. The van der Waals surface area contributed by atoms with Crippen molar-refractivity contribution in [1.82, 2.24) is 9.97 Å². The number of nitrogen functional groups attached to an aromatic ring is 1. The highest BCUT2D eigenvalue weighted by molar-refractivity contribution is 6.30. The first-order valence-electron chi connectivity index (χ1n) is 7.59. The number of halogens is 1. The molecule has 4 N–H and O–H groups in total. The van der Waals surface area contributed by atoms with Gasteiger partial charge in [-0.3, -0.25) is 10.1 Å². The first-order chi connectivity index (χ1) is 12.5. The van der Waals surface area contributed by atoms with Crippen molar-refractivity contribution >= 4 is 34.9 Å². The van der Waals surface area contributed by atoms with Gasteiger partial charge in [0.2, 0.25) is 17.6 Å². The van der Waals surface area contributed by atoms with Gasteiger partial charge in [0.25, 0.3) is 0 Å². The molecule has 0 saturated heterocycles. The Labute approximate surface area is 153 Å². The number of benzene rings is 1. The lowest BCUT2D eigenvalue weighted by Gasteiger charge is -2.10. The van der Waals surface area contributed by atoms with Crippen molar-refractivity contribution in [3.8, 4) is 0 Å². The molecule has 0 aliphatic rings. The molecule has 26 heavy (non-hydrogen) atoms. The number of anilines is 3. The highest BCUT2D eigenvalue weighted by Crippen LogP contribution is 2.29. The van der Waals surface area contributed by atoms with Crippen LogP contribution in [-0.2, 0) is 13.1 Å². The third-order valence-corrected chi connectivity index (χ3v) is 3.72. The zero-order valence-corrected chi connectivity index (χ0v) is 14.2. The van der Waals surface area contributed by atoms with Gasteiger partial charge in [-0.15, -0.1) is 0 Å². The van der Waals surface area contributed by atoms with Gasteiger partial charge in [-0.1, -0.05) is 23.7 Å². The molecule has 3 aromatic rings. The van der Waals surface area contributed by atoms with Crippen LogP contribution < -0.4 is 16.4 Å².